The van der Waals surface area contributed by atoms with Gasteiger partial charge >= 0.3 is 5.97 Å². The minimum Gasteiger partial charge on any atom is -0.481 e. The van der Waals surface area contributed by atoms with E-state index in [-0.39, 0.29) is 17.8 Å². The molecule has 0 saturated heterocycles. The topological polar surface area (TPSA) is 112 Å². The summed E-state index contributed by atoms with van der Waals surface area (Å²) in [6.07, 6.45) is 5.22. The van der Waals surface area contributed by atoms with Crippen LogP contribution in [0, 0.1) is 11.7 Å². The molecule has 0 fully saturated rings. The molecule has 8 heteroatoms. The molecule has 0 saturated carbocycles. The quantitative estimate of drug-likeness (QED) is 0.362. The van der Waals surface area contributed by atoms with Crippen molar-refractivity contribution in [2.75, 3.05) is 12.4 Å². The van der Waals surface area contributed by atoms with Gasteiger partial charge < -0.3 is 15.2 Å². The second-order valence-corrected chi connectivity index (χ2v) is 7.03. The number of nitrogens with one attached hydrogen (secondary N) is 2. The molecule has 1 atom stereocenters. The number of carbonyl (C=O) groups excluding carboxylic acids is 1. The predicted octanol–water partition coefficient (Wildman–Crippen LogP) is 3.94. The number of aromatic nitrogens is 2. The van der Waals surface area contributed by atoms with Crippen LogP contribution in [0.2, 0.25) is 0 Å². The van der Waals surface area contributed by atoms with Crippen molar-refractivity contribution in [3.05, 3.63) is 82.0 Å². The Morgan fingerprint density at radius 2 is 1.94 bits per heavy atom. The number of halogens is 1. The zero-order chi connectivity index (χ0) is 23.5. The van der Waals surface area contributed by atoms with Gasteiger partial charge in [-0.15, -0.1) is 0 Å². The minimum atomic E-state index is -0.907. The zero-order valence-corrected chi connectivity index (χ0v) is 18.0. The number of carboxylic acid groups (broad SMARTS) is 1. The molecule has 3 aromatic rings. The molecule has 3 N–H and O–H groups in total. The van der Waals surface area contributed by atoms with Crippen LogP contribution in [0.1, 0.15) is 31.0 Å². The zero-order valence-electron chi connectivity index (χ0n) is 18.0. The summed E-state index contributed by atoms with van der Waals surface area (Å²) in [4.78, 5) is 32.1. The Kier molecular flexibility index (Phi) is 9.28. The van der Waals surface area contributed by atoms with Gasteiger partial charge in [-0.25, -0.2) is 9.49 Å². The van der Waals surface area contributed by atoms with Crippen LogP contribution in [0.15, 0.2) is 59.4 Å². The summed E-state index contributed by atoms with van der Waals surface area (Å²) >= 11 is 0. The number of hydrogen-bond donors (Lipinski definition) is 3. The fraction of sp³-hybridized carbons (Fsp3) is 0.250. The molecule has 1 heterocycles. The highest BCUT2D eigenvalue weighted by Gasteiger charge is 2.14. The lowest BCUT2D eigenvalue weighted by Crippen LogP contribution is -2.12. The predicted molar refractivity (Wildman–Crippen MR) is 122 cm³/mol. The average Bonchev–Trinajstić information content (AvgIpc) is 2.80. The SMILES string of the molecule is C/C=C/CC(CC=O)C(=O)O.CNc1cc(Cc2n[nH]c(=O)c3ccccc23)ccc1F. The van der Waals surface area contributed by atoms with E-state index < -0.39 is 11.9 Å². The Bertz CT molecular complexity index is 1160. The monoisotopic (exact) mass is 439 g/mol. The number of carbonyl (C=O) groups is 2. The van der Waals surface area contributed by atoms with Crippen LogP contribution in [0.5, 0.6) is 0 Å². The van der Waals surface area contributed by atoms with Gasteiger partial charge in [-0.1, -0.05) is 36.4 Å². The number of rotatable bonds is 8. The van der Waals surface area contributed by atoms with Crippen molar-refractivity contribution in [2.45, 2.75) is 26.2 Å². The Labute approximate surface area is 185 Å². The number of nitrogens with zero attached hydrogens (tertiary/aromatic N) is 1. The van der Waals surface area contributed by atoms with Crippen molar-refractivity contribution in [1.82, 2.24) is 10.2 Å². The molecule has 0 bridgehead atoms. The van der Waals surface area contributed by atoms with E-state index in [0.29, 0.717) is 30.2 Å². The van der Waals surface area contributed by atoms with Gasteiger partial charge in [0.05, 0.1) is 22.7 Å². The third-order valence-electron chi connectivity index (χ3n) is 4.83. The number of allylic oxidation sites excluding steroid dienone is 2. The van der Waals surface area contributed by atoms with Crippen LogP contribution in [-0.4, -0.2) is 34.6 Å². The molecule has 0 spiro atoms. The molecule has 32 heavy (non-hydrogen) atoms. The number of carboxylic acids is 1. The number of benzene rings is 2. The molecule has 3 rings (SSSR count). The van der Waals surface area contributed by atoms with Gasteiger partial charge in [0.15, 0.2) is 0 Å². The van der Waals surface area contributed by atoms with Gasteiger partial charge in [-0.2, -0.15) is 5.10 Å². The third kappa shape index (κ3) is 6.60. The van der Waals surface area contributed by atoms with Crippen LogP contribution in [0.25, 0.3) is 10.8 Å². The largest absolute Gasteiger partial charge is 0.481 e. The number of hydrogen-bond acceptors (Lipinski definition) is 5. The Morgan fingerprint density at radius 1 is 1.22 bits per heavy atom. The van der Waals surface area contributed by atoms with Crippen LogP contribution < -0.4 is 10.9 Å². The lowest BCUT2D eigenvalue weighted by Gasteiger charge is -2.08. The van der Waals surface area contributed by atoms with Gasteiger partial charge in [0.25, 0.3) is 5.56 Å². The van der Waals surface area contributed by atoms with Gasteiger partial charge in [0.1, 0.15) is 12.1 Å². The molecule has 0 amide bonds. The van der Waals surface area contributed by atoms with E-state index in [2.05, 4.69) is 15.5 Å². The highest BCUT2D eigenvalue weighted by Crippen LogP contribution is 2.20. The molecule has 168 valence electrons. The van der Waals surface area contributed by atoms with Crippen molar-refractivity contribution in [2.24, 2.45) is 5.92 Å². The first-order valence-corrected chi connectivity index (χ1v) is 10.1. The first kappa shape index (κ1) is 24.5. The van der Waals surface area contributed by atoms with Crippen molar-refractivity contribution in [3.63, 3.8) is 0 Å². The summed E-state index contributed by atoms with van der Waals surface area (Å²) in [7, 11) is 1.68. The molecular formula is C24H26FN3O4. The molecule has 0 aliphatic heterocycles. The summed E-state index contributed by atoms with van der Waals surface area (Å²) < 4.78 is 13.5. The molecule has 1 unspecified atom stereocenters. The van der Waals surface area contributed by atoms with Gasteiger partial charge in [-0.3, -0.25) is 9.59 Å². The van der Waals surface area contributed by atoms with E-state index in [1.807, 2.05) is 25.1 Å². The smallest absolute Gasteiger partial charge is 0.307 e. The number of aliphatic carboxylic acids is 1. The molecule has 1 aromatic heterocycles. The Morgan fingerprint density at radius 3 is 2.56 bits per heavy atom. The third-order valence-corrected chi connectivity index (χ3v) is 4.83. The molecule has 0 aliphatic carbocycles. The standard InChI is InChI=1S/C16H14FN3O.C8H12O3/c1-18-15-9-10(6-7-13(15)17)8-14-11-4-2-3-5-12(11)16(21)20-19-14;1-2-3-4-7(5-6-9)8(10)11/h2-7,9,18H,8H2,1H3,(H,20,21);2-3,6-7H,4-5H2,1H3,(H,10,11)/b;3-2+. The highest BCUT2D eigenvalue weighted by atomic mass is 19.1. The second-order valence-electron chi connectivity index (χ2n) is 7.03. The van der Waals surface area contributed by atoms with Crippen molar-refractivity contribution in [3.8, 4) is 0 Å². The van der Waals surface area contributed by atoms with E-state index in [9.17, 15) is 18.8 Å². The average molecular weight is 439 g/mol. The first-order valence-electron chi connectivity index (χ1n) is 10.1. The van der Waals surface area contributed by atoms with E-state index in [4.69, 9.17) is 5.11 Å². The van der Waals surface area contributed by atoms with Gasteiger partial charge in [0, 0.05) is 25.3 Å². The summed E-state index contributed by atoms with van der Waals surface area (Å²) in [5.74, 6) is -1.75. The van der Waals surface area contributed by atoms with Crippen LogP contribution in [0.4, 0.5) is 10.1 Å². The Hall–Kier alpha value is -3.81. The lowest BCUT2D eigenvalue weighted by molar-refractivity contribution is -0.142. The molecule has 7 nitrogen and oxygen atoms in total. The number of aldehydes is 1. The molecule has 0 aliphatic rings. The summed E-state index contributed by atoms with van der Waals surface area (Å²) in [6, 6.07) is 12.2. The summed E-state index contributed by atoms with van der Waals surface area (Å²) in [5.41, 5.74) is 1.93. The first-order chi connectivity index (χ1) is 15.4. The number of anilines is 1. The van der Waals surface area contributed by atoms with Crippen LogP contribution >= 0.6 is 0 Å². The maximum absolute atomic E-state index is 13.5. The fourth-order valence-electron chi connectivity index (χ4n) is 3.09. The van der Waals surface area contributed by atoms with E-state index in [0.717, 1.165) is 16.6 Å². The second kappa shape index (κ2) is 12.1. The highest BCUT2D eigenvalue weighted by molar-refractivity contribution is 5.83. The fourth-order valence-corrected chi connectivity index (χ4v) is 3.09. The minimum absolute atomic E-state index is 0.0969. The summed E-state index contributed by atoms with van der Waals surface area (Å²) in [5, 5.41) is 19.4. The van der Waals surface area contributed by atoms with E-state index in [1.165, 1.54) is 6.07 Å². The summed E-state index contributed by atoms with van der Waals surface area (Å²) in [6.45, 7) is 1.82. The van der Waals surface area contributed by atoms with Crippen molar-refractivity contribution >= 4 is 28.7 Å². The van der Waals surface area contributed by atoms with Crippen LogP contribution in [-0.2, 0) is 16.0 Å². The van der Waals surface area contributed by atoms with Crippen LogP contribution in [0.3, 0.4) is 0 Å². The van der Waals surface area contributed by atoms with E-state index in [1.54, 1.807) is 37.4 Å². The maximum Gasteiger partial charge on any atom is 0.307 e. The molecular weight excluding hydrogens is 413 g/mol. The van der Waals surface area contributed by atoms with E-state index >= 15 is 0 Å². The number of fused-ring (bicyclic) bond motifs is 1. The number of H-pyrrole nitrogens is 1. The molecule has 0 radical (unpaired) electrons. The maximum atomic E-state index is 13.5. The lowest BCUT2D eigenvalue weighted by atomic mass is 10.0. The van der Waals surface area contributed by atoms with Gasteiger partial charge in [-0.05, 0) is 37.1 Å². The molecule has 2 aromatic carbocycles. The normalized spacial score (nSPS) is 11.6. The van der Waals surface area contributed by atoms with Crippen molar-refractivity contribution < 1.29 is 19.1 Å². The van der Waals surface area contributed by atoms with Gasteiger partial charge in [0.2, 0.25) is 0 Å². The Balaban J connectivity index is 0.000000282. The number of aromatic amines is 1. The van der Waals surface area contributed by atoms with Crippen molar-refractivity contribution in [1.29, 1.82) is 0 Å².